The number of nitrogens with two attached hydrogens (primary N) is 1. The summed E-state index contributed by atoms with van der Waals surface area (Å²) in [7, 11) is 0. The molecule has 1 amide bonds. The van der Waals surface area contributed by atoms with Gasteiger partial charge in [0.15, 0.2) is 5.65 Å². The summed E-state index contributed by atoms with van der Waals surface area (Å²) in [5.74, 6) is 0.370. The maximum absolute atomic E-state index is 13.4. The number of halogens is 1. The Morgan fingerprint density at radius 1 is 1.11 bits per heavy atom. The van der Waals surface area contributed by atoms with E-state index in [-0.39, 0.29) is 17.4 Å². The number of rotatable bonds is 5. The minimum absolute atomic E-state index is 0.125. The fourth-order valence-corrected chi connectivity index (χ4v) is 5.00. The monoisotopic (exact) mass is 514 g/mol. The number of fused-ring (bicyclic) bond motifs is 3. The van der Waals surface area contributed by atoms with E-state index in [9.17, 15) is 9.59 Å². The zero-order valence-electron chi connectivity index (χ0n) is 19.7. The van der Waals surface area contributed by atoms with Gasteiger partial charge in [0.05, 0.1) is 16.6 Å². The molecule has 0 bridgehead atoms. The van der Waals surface area contributed by atoms with Crippen molar-refractivity contribution < 1.29 is 4.79 Å². The summed E-state index contributed by atoms with van der Waals surface area (Å²) in [5, 5.41) is 3.98. The van der Waals surface area contributed by atoms with Crippen molar-refractivity contribution in [2.45, 2.75) is 12.8 Å². The number of anilines is 3. The molecule has 10 nitrogen and oxygen atoms in total. The van der Waals surface area contributed by atoms with Gasteiger partial charge in [0, 0.05) is 43.1 Å². The molecule has 1 saturated heterocycles. The number of amides is 1. The van der Waals surface area contributed by atoms with E-state index in [0.717, 1.165) is 30.8 Å². The van der Waals surface area contributed by atoms with E-state index in [2.05, 4.69) is 25.2 Å². The van der Waals surface area contributed by atoms with E-state index in [1.165, 1.54) is 10.8 Å². The molecule has 0 saturated carbocycles. The summed E-state index contributed by atoms with van der Waals surface area (Å²) in [6.45, 7) is 1.51. The number of piperidine rings is 1. The van der Waals surface area contributed by atoms with Crippen LogP contribution >= 0.6 is 11.6 Å². The van der Waals surface area contributed by atoms with Crippen molar-refractivity contribution in [1.29, 1.82) is 0 Å². The molecule has 1 unspecified atom stereocenters. The Bertz CT molecular complexity index is 1700. The Balaban J connectivity index is 1.32. The molecule has 186 valence electrons. The van der Waals surface area contributed by atoms with Crippen LogP contribution in [0.25, 0.3) is 22.5 Å². The Morgan fingerprint density at radius 2 is 1.92 bits per heavy atom. The van der Waals surface area contributed by atoms with Crippen molar-refractivity contribution in [2.75, 3.05) is 23.3 Å². The van der Waals surface area contributed by atoms with Crippen LogP contribution in [0.15, 0.2) is 71.9 Å². The predicted molar refractivity (Wildman–Crippen MR) is 143 cm³/mol. The second kappa shape index (κ2) is 9.21. The van der Waals surface area contributed by atoms with Crippen LogP contribution in [0.4, 0.5) is 17.3 Å². The normalized spacial score (nSPS) is 15.8. The highest BCUT2D eigenvalue weighted by molar-refractivity contribution is 6.32. The minimum Gasteiger partial charge on any atom is -0.371 e. The summed E-state index contributed by atoms with van der Waals surface area (Å²) < 4.78 is 3.20. The largest absolute Gasteiger partial charge is 0.371 e. The highest BCUT2D eigenvalue weighted by Crippen LogP contribution is 2.26. The molecule has 11 heteroatoms. The van der Waals surface area contributed by atoms with E-state index in [0.29, 0.717) is 40.0 Å². The quantitative estimate of drug-likeness (QED) is 0.367. The van der Waals surface area contributed by atoms with Crippen LogP contribution in [-0.4, -0.2) is 42.9 Å². The van der Waals surface area contributed by atoms with Gasteiger partial charge in [0.2, 0.25) is 17.6 Å². The lowest BCUT2D eigenvalue weighted by molar-refractivity contribution is -0.122. The first-order valence-corrected chi connectivity index (χ1v) is 12.3. The first kappa shape index (κ1) is 23.0. The molecule has 5 aromatic rings. The van der Waals surface area contributed by atoms with Crippen LogP contribution < -0.4 is 21.5 Å². The number of nitrogens with one attached hydrogen (secondary N) is 1. The van der Waals surface area contributed by atoms with E-state index < -0.39 is 0 Å². The van der Waals surface area contributed by atoms with Gasteiger partial charge in [-0.1, -0.05) is 23.7 Å². The number of hydrogen-bond donors (Lipinski definition) is 2. The summed E-state index contributed by atoms with van der Waals surface area (Å²) in [4.78, 5) is 40.6. The number of imidazole rings is 1. The van der Waals surface area contributed by atoms with Crippen LogP contribution in [0.1, 0.15) is 12.8 Å². The summed E-state index contributed by atoms with van der Waals surface area (Å²) >= 11 is 6.38. The Kier molecular flexibility index (Phi) is 5.72. The van der Waals surface area contributed by atoms with Gasteiger partial charge in [-0.05, 0) is 49.2 Å². The van der Waals surface area contributed by atoms with E-state index in [4.69, 9.17) is 17.3 Å². The molecule has 0 spiro atoms. The molecule has 1 aliphatic heterocycles. The number of hydrogen-bond acceptors (Lipinski definition) is 7. The minimum atomic E-state index is -0.312. The standard InChI is InChI=1S/C26H23ClN8O2/c27-20-5-1-2-6-21(20)35-24(37)19-14-30-25(32-23(19)34-13-11-29-26(34)35)31-17-7-9-18(10-8-17)33-12-3-4-16(15-33)22(28)36/h1-2,5-11,13-14,16H,3-4,12,15H2,(H2,28,36)(H,30,31,32). The molecule has 1 atom stereocenters. The van der Waals surface area contributed by atoms with Gasteiger partial charge in [-0.15, -0.1) is 0 Å². The molecule has 3 aromatic heterocycles. The molecule has 1 aliphatic rings. The van der Waals surface area contributed by atoms with Crippen molar-refractivity contribution in [3.63, 3.8) is 0 Å². The highest BCUT2D eigenvalue weighted by Gasteiger charge is 2.24. The van der Waals surface area contributed by atoms with Crippen LogP contribution in [0.2, 0.25) is 5.02 Å². The van der Waals surface area contributed by atoms with Crippen LogP contribution in [0, 0.1) is 5.92 Å². The smallest absolute Gasteiger partial charge is 0.270 e. The summed E-state index contributed by atoms with van der Waals surface area (Å²) in [5.41, 5.74) is 7.98. The van der Waals surface area contributed by atoms with E-state index in [1.54, 1.807) is 35.0 Å². The zero-order chi connectivity index (χ0) is 25.5. The third-order valence-electron chi connectivity index (χ3n) is 6.66. The van der Waals surface area contributed by atoms with Gasteiger partial charge in [-0.3, -0.25) is 14.0 Å². The number of benzene rings is 2. The predicted octanol–water partition coefficient (Wildman–Crippen LogP) is 3.53. The molecule has 6 rings (SSSR count). The Labute approximate surface area is 216 Å². The second-order valence-electron chi connectivity index (χ2n) is 8.98. The molecule has 0 radical (unpaired) electrons. The molecule has 37 heavy (non-hydrogen) atoms. The number of carbonyl (C=O) groups is 1. The highest BCUT2D eigenvalue weighted by atomic mass is 35.5. The number of aromatic nitrogens is 5. The molecule has 1 fully saturated rings. The van der Waals surface area contributed by atoms with Crippen LogP contribution in [0.3, 0.4) is 0 Å². The first-order valence-electron chi connectivity index (χ1n) is 11.9. The molecular weight excluding hydrogens is 492 g/mol. The van der Waals surface area contributed by atoms with Gasteiger partial charge < -0.3 is 16.0 Å². The van der Waals surface area contributed by atoms with Crippen molar-refractivity contribution in [1.82, 2.24) is 23.9 Å². The lowest BCUT2D eigenvalue weighted by Crippen LogP contribution is -2.41. The number of carbonyl (C=O) groups excluding carboxylic acids is 1. The van der Waals surface area contributed by atoms with Crippen molar-refractivity contribution >= 4 is 51.6 Å². The average molecular weight is 515 g/mol. The van der Waals surface area contributed by atoms with Gasteiger partial charge in [0.1, 0.15) is 5.39 Å². The second-order valence-corrected chi connectivity index (χ2v) is 9.39. The summed E-state index contributed by atoms with van der Waals surface area (Å²) in [6, 6.07) is 14.9. The SMILES string of the molecule is NC(=O)C1CCCN(c2ccc(Nc3ncc4c(=O)n(-c5ccccc5Cl)c5nccn5c4n3)cc2)C1. The van der Waals surface area contributed by atoms with Crippen LogP contribution in [-0.2, 0) is 4.79 Å². The summed E-state index contributed by atoms with van der Waals surface area (Å²) in [6.07, 6.45) is 6.62. The molecule has 4 heterocycles. The third-order valence-corrected chi connectivity index (χ3v) is 6.98. The van der Waals surface area contributed by atoms with Crippen molar-refractivity contribution in [3.05, 3.63) is 82.5 Å². The maximum atomic E-state index is 13.4. The van der Waals surface area contributed by atoms with Gasteiger partial charge >= 0.3 is 0 Å². The lowest BCUT2D eigenvalue weighted by Gasteiger charge is -2.33. The molecule has 2 aromatic carbocycles. The topological polar surface area (TPSA) is 123 Å². The van der Waals surface area contributed by atoms with Crippen LogP contribution in [0.5, 0.6) is 0 Å². The van der Waals surface area contributed by atoms with Gasteiger partial charge in [-0.2, -0.15) is 4.98 Å². The third kappa shape index (κ3) is 4.15. The fraction of sp³-hybridized carbons (Fsp3) is 0.192. The van der Waals surface area contributed by atoms with E-state index >= 15 is 0 Å². The molecular formula is C26H23ClN8O2. The zero-order valence-corrected chi connectivity index (χ0v) is 20.5. The fourth-order valence-electron chi connectivity index (χ4n) is 4.78. The van der Waals surface area contributed by atoms with Crippen molar-refractivity contribution in [2.24, 2.45) is 11.7 Å². The van der Waals surface area contributed by atoms with Crippen molar-refractivity contribution in [3.8, 4) is 5.69 Å². The Hall–Kier alpha value is -4.44. The Morgan fingerprint density at radius 3 is 2.70 bits per heavy atom. The average Bonchev–Trinajstić information content (AvgIpc) is 3.40. The number of para-hydroxylation sites is 1. The van der Waals surface area contributed by atoms with Gasteiger partial charge in [0.25, 0.3) is 5.56 Å². The lowest BCUT2D eigenvalue weighted by atomic mass is 9.97. The molecule has 0 aliphatic carbocycles. The van der Waals surface area contributed by atoms with E-state index in [1.807, 2.05) is 30.3 Å². The first-order chi connectivity index (χ1) is 18.0. The number of nitrogens with zero attached hydrogens (tertiary/aromatic N) is 6. The molecule has 3 N–H and O–H groups in total. The maximum Gasteiger partial charge on any atom is 0.270 e. The number of primary amides is 1. The van der Waals surface area contributed by atoms with Gasteiger partial charge in [-0.25, -0.2) is 14.5 Å².